The van der Waals surface area contributed by atoms with Crippen LogP contribution in [-0.2, 0) is 6.54 Å². The van der Waals surface area contributed by atoms with Crippen molar-refractivity contribution in [2.45, 2.75) is 20.4 Å². The molecule has 0 unspecified atom stereocenters. The van der Waals surface area contributed by atoms with Crippen molar-refractivity contribution in [1.82, 2.24) is 20.3 Å². The van der Waals surface area contributed by atoms with Gasteiger partial charge >= 0.3 is 0 Å². The average molecular weight is 351 g/mol. The molecule has 8 nitrogen and oxygen atoms in total. The van der Waals surface area contributed by atoms with E-state index in [0.717, 1.165) is 16.8 Å². The zero-order valence-electron chi connectivity index (χ0n) is 14.3. The highest BCUT2D eigenvalue weighted by atomic mass is 16.6. The summed E-state index contributed by atoms with van der Waals surface area (Å²) in [6.45, 7) is 4.02. The molecule has 1 amide bonds. The molecule has 0 fully saturated rings. The number of hydrogen-bond acceptors (Lipinski definition) is 5. The number of nitrogens with zero attached hydrogens (tertiary/aromatic N) is 4. The van der Waals surface area contributed by atoms with Crippen LogP contribution in [0.5, 0.6) is 0 Å². The molecular formula is C18H17N5O3. The van der Waals surface area contributed by atoms with E-state index in [9.17, 15) is 14.9 Å². The highest BCUT2D eigenvalue weighted by Crippen LogP contribution is 2.14. The van der Waals surface area contributed by atoms with E-state index in [2.05, 4.69) is 15.6 Å². The Morgan fingerprint density at radius 2 is 1.77 bits per heavy atom. The van der Waals surface area contributed by atoms with E-state index in [-0.39, 0.29) is 23.8 Å². The molecule has 0 radical (unpaired) electrons. The van der Waals surface area contributed by atoms with Gasteiger partial charge < -0.3 is 5.32 Å². The molecule has 2 aromatic carbocycles. The lowest BCUT2D eigenvalue weighted by atomic mass is 10.2. The van der Waals surface area contributed by atoms with E-state index in [1.165, 1.54) is 12.1 Å². The SMILES string of the molecule is Cc1ccc(-n2nnc(C(=O)NCc3ccc([N+](=O)[O-])cc3)c2C)cc1. The molecule has 0 bridgehead atoms. The Morgan fingerprint density at radius 3 is 2.38 bits per heavy atom. The molecule has 1 N–H and O–H groups in total. The number of rotatable bonds is 5. The third-order valence-electron chi connectivity index (χ3n) is 3.99. The van der Waals surface area contributed by atoms with E-state index in [1.54, 1.807) is 23.7 Å². The third-order valence-corrected chi connectivity index (χ3v) is 3.99. The van der Waals surface area contributed by atoms with Crippen molar-refractivity contribution in [3.63, 3.8) is 0 Å². The minimum Gasteiger partial charge on any atom is -0.347 e. The second kappa shape index (κ2) is 7.14. The quantitative estimate of drug-likeness (QED) is 0.562. The summed E-state index contributed by atoms with van der Waals surface area (Å²) in [7, 11) is 0. The number of hydrogen-bond donors (Lipinski definition) is 1. The number of carbonyl (C=O) groups is 1. The Hall–Kier alpha value is -3.55. The Balaban J connectivity index is 1.70. The molecule has 0 saturated heterocycles. The molecule has 1 heterocycles. The van der Waals surface area contributed by atoms with Gasteiger partial charge in [-0.25, -0.2) is 4.68 Å². The Morgan fingerprint density at radius 1 is 1.12 bits per heavy atom. The Kier molecular flexibility index (Phi) is 4.74. The minimum absolute atomic E-state index is 0.0111. The molecule has 8 heteroatoms. The van der Waals surface area contributed by atoms with Gasteiger partial charge in [0.15, 0.2) is 5.69 Å². The predicted octanol–water partition coefficient (Wildman–Crippen LogP) is 2.72. The lowest BCUT2D eigenvalue weighted by molar-refractivity contribution is -0.384. The van der Waals surface area contributed by atoms with Crippen LogP contribution in [0.4, 0.5) is 5.69 Å². The van der Waals surface area contributed by atoms with E-state index in [1.807, 2.05) is 31.2 Å². The number of aromatic nitrogens is 3. The second-order valence-electron chi connectivity index (χ2n) is 5.88. The summed E-state index contributed by atoms with van der Waals surface area (Å²) in [6.07, 6.45) is 0. The van der Waals surface area contributed by atoms with Crippen LogP contribution in [0.25, 0.3) is 5.69 Å². The van der Waals surface area contributed by atoms with E-state index >= 15 is 0 Å². The summed E-state index contributed by atoms with van der Waals surface area (Å²) in [6, 6.07) is 13.8. The monoisotopic (exact) mass is 351 g/mol. The summed E-state index contributed by atoms with van der Waals surface area (Å²) in [5.74, 6) is -0.348. The Bertz CT molecular complexity index is 946. The van der Waals surface area contributed by atoms with Crippen molar-refractivity contribution >= 4 is 11.6 Å². The van der Waals surface area contributed by atoms with Gasteiger partial charge in [0.05, 0.1) is 16.3 Å². The van der Waals surface area contributed by atoms with Gasteiger partial charge in [-0.2, -0.15) is 0 Å². The van der Waals surface area contributed by atoms with Crippen LogP contribution < -0.4 is 5.32 Å². The number of amides is 1. The third kappa shape index (κ3) is 3.59. The highest BCUT2D eigenvalue weighted by molar-refractivity contribution is 5.93. The molecule has 0 aliphatic rings. The number of non-ortho nitro benzene ring substituents is 1. The zero-order chi connectivity index (χ0) is 18.7. The molecule has 0 spiro atoms. The second-order valence-corrected chi connectivity index (χ2v) is 5.88. The highest BCUT2D eigenvalue weighted by Gasteiger charge is 2.17. The number of aryl methyl sites for hydroxylation is 1. The van der Waals surface area contributed by atoms with Crippen LogP contribution in [0.3, 0.4) is 0 Å². The summed E-state index contributed by atoms with van der Waals surface area (Å²) >= 11 is 0. The molecule has 0 saturated carbocycles. The number of nitro groups is 1. The van der Waals surface area contributed by atoms with Gasteiger partial charge in [0.2, 0.25) is 0 Å². The molecule has 26 heavy (non-hydrogen) atoms. The normalized spacial score (nSPS) is 10.5. The van der Waals surface area contributed by atoms with Gasteiger partial charge in [0.25, 0.3) is 11.6 Å². The topological polar surface area (TPSA) is 103 Å². The standard InChI is InChI=1S/C18H17N5O3/c1-12-3-7-15(8-4-12)22-13(2)17(20-21-22)18(24)19-11-14-5-9-16(10-6-14)23(25)26/h3-10H,11H2,1-2H3,(H,19,24). The first-order valence-corrected chi connectivity index (χ1v) is 7.96. The van der Waals surface area contributed by atoms with Gasteiger partial charge in [-0.3, -0.25) is 14.9 Å². The maximum Gasteiger partial charge on any atom is 0.274 e. The van der Waals surface area contributed by atoms with Crippen molar-refractivity contribution < 1.29 is 9.72 Å². The fourth-order valence-corrected chi connectivity index (χ4v) is 2.47. The zero-order valence-corrected chi connectivity index (χ0v) is 14.3. The summed E-state index contributed by atoms with van der Waals surface area (Å²) in [5, 5.41) is 21.4. The molecule has 0 aliphatic carbocycles. The van der Waals surface area contributed by atoms with Crippen molar-refractivity contribution in [2.24, 2.45) is 0 Å². The molecule has 0 atom stereocenters. The van der Waals surface area contributed by atoms with Crippen LogP contribution in [0.1, 0.15) is 27.3 Å². The van der Waals surface area contributed by atoms with Crippen molar-refractivity contribution in [3.8, 4) is 5.69 Å². The van der Waals surface area contributed by atoms with Crippen LogP contribution in [0.2, 0.25) is 0 Å². The molecule has 1 aromatic heterocycles. The number of benzene rings is 2. The van der Waals surface area contributed by atoms with E-state index in [0.29, 0.717) is 5.69 Å². The fourth-order valence-electron chi connectivity index (χ4n) is 2.47. The first kappa shape index (κ1) is 17.3. The largest absolute Gasteiger partial charge is 0.347 e. The molecule has 3 aromatic rings. The number of carbonyl (C=O) groups excluding carboxylic acids is 1. The maximum absolute atomic E-state index is 12.4. The smallest absolute Gasteiger partial charge is 0.274 e. The van der Waals surface area contributed by atoms with Crippen molar-refractivity contribution in [2.75, 3.05) is 0 Å². The fraction of sp³-hybridized carbons (Fsp3) is 0.167. The number of nitro benzene ring substituents is 1. The average Bonchev–Trinajstić information content (AvgIpc) is 3.02. The van der Waals surface area contributed by atoms with Crippen LogP contribution in [-0.4, -0.2) is 25.8 Å². The summed E-state index contributed by atoms with van der Waals surface area (Å²) in [5.41, 5.74) is 3.61. The van der Waals surface area contributed by atoms with Crippen molar-refractivity contribution in [3.05, 3.63) is 81.2 Å². The number of nitrogens with one attached hydrogen (secondary N) is 1. The molecule has 3 rings (SSSR count). The molecular weight excluding hydrogens is 334 g/mol. The summed E-state index contributed by atoms with van der Waals surface area (Å²) in [4.78, 5) is 22.6. The first-order chi connectivity index (χ1) is 12.5. The van der Waals surface area contributed by atoms with Gasteiger partial charge in [-0.15, -0.1) is 5.10 Å². The minimum atomic E-state index is -0.463. The van der Waals surface area contributed by atoms with Gasteiger partial charge in [0, 0.05) is 18.7 Å². The van der Waals surface area contributed by atoms with Gasteiger partial charge in [-0.05, 0) is 31.5 Å². The van der Waals surface area contributed by atoms with Crippen LogP contribution in [0.15, 0.2) is 48.5 Å². The van der Waals surface area contributed by atoms with E-state index in [4.69, 9.17) is 0 Å². The Labute approximate surface area is 149 Å². The summed E-state index contributed by atoms with van der Waals surface area (Å²) < 4.78 is 1.61. The van der Waals surface area contributed by atoms with Gasteiger partial charge in [-0.1, -0.05) is 35.0 Å². The first-order valence-electron chi connectivity index (χ1n) is 7.96. The van der Waals surface area contributed by atoms with Crippen LogP contribution >= 0.6 is 0 Å². The molecule has 0 aliphatic heterocycles. The maximum atomic E-state index is 12.4. The lowest BCUT2D eigenvalue weighted by Gasteiger charge is -2.05. The van der Waals surface area contributed by atoms with Crippen molar-refractivity contribution in [1.29, 1.82) is 0 Å². The molecule has 132 valence electrons. The lowest BCUT2D eigenvalue weighted by Crippen LogP contribution is -2.24. The van der Waals surface area contributed by atoms with E-state index < -0.39 is 4.92 Å². The van der Waals surface area contributed by atoms with Crippen LogP contribution in [0, 0.1) is 24.0 Å². The van der Waals surface area contributed by atoms with Gasteiger partial charge in [0.1, 0.15) is 0 Å². The predicted molar refractivity (Wildman–Crippen MR) is 95.1 cm³/mol.